The van der Waals surface area contributed by atoms with Crippen molar-refractivity contribution >= 4 is 17.4 Å². The molecule has 2 aliphatic heterocycles. The molecule has 1 fully saturated rings. The van der Waals surface area contributed by atoms with Crippen LogP contribution in [-0.2, 0) is 0 Å². The highest BCUT2D eigenvalue weighted by molar-refractivity contribution is 5.90. The Morgan fingerprint density at radius 2 is 1.91 bits per heavy atom. The van der Waals surface area contributed by atoms with Crippen LogP contribution in [-0.4, -0.2) is 42.3 Å². The number of hydrogen-bond donors (Lipinski definition) is 2. The van der Waals surface area contributed by atoms with E-state index >= 15 is 0 Å². The number of aliphatic hydroxyl groups is 1. The number of likely N-dealkylation sites (N-methyl/N-ethyl adjacent to an activating group) is 1. The molecule has 0 aliphatic carbocycles. The number of nitrogens with one attached hydrogen (secondary N) is 1. The molecule has 3 atom stereocenters. The Morgan fingerprint density at radius 3 is 2.65 bits per heavy atom. The number of urea groups is 1. The van der Waals surface area contributed by atoms with Crippen molar-refractivity contribution in [1.29, 1.82) is 5.26 Å². The van der Waals surface area contributed by atoms with Gasteiger partial charge in [-0.2, -0.15) is 5.26 Å². The summed E-state index contributed by atoms with van der Waals surface area (Å²) in [6.07, 6.45) is 0.769. The van der Waals surface area contributed by atoms with Gasteiger partial charge in [-0.25, -0.2) is 9.18 Å². The van der Waals surface area contributed by atoms with Gasteiger partial charge in [0, 0.05) is 30.9 Å². The van der Waals surface area contributed by atoms with E-state index in [9.17, 15) is 19.6 Å². The Bertz CT molecular complexity index is 1270. The molecule has 5 rings (SSSR count). The van der Waals surface area contributed by atoms with Gasteiger partial charge in [0.25, 0.3) is 0 Å². The van der Waals surface area contributed by atoms with Gasteiger partial charge in [-0.3, -0.25) is 0 Å². The van der Waals surface area contributed by atoms with Crippen LogP contribution in [0.3, 0.4) is 0 Å². The van der Waals surface area contributed by atoms with Crippen LogP contribution in [0.15, 0.2) is 66.7 Å². The third-order valence-electron chi connectivity index (χ3n) is 7.03. The minimum Gasteiger partial charge on any atom is -0.394 e. The zero-order chi connectivity index (χ0) is 23.8. The minimum absolute atomic E-state index is 0.00348. The summed E-state index contributed by atoms with van der Waals surface area (Å²) in [6.45, 7) is 0.552. The van der Waals surface area contributed by atoms with Gasteiger partial charge in [-0.05, 0) is 71.6 Å². The van der Waals surface area contributed by atoms with E-state index in [0.717, 1.165) is 28.8 Å². The zero-order valence-electron chi connectivity index (χ0n) is 18.8. The lowest BCUT2D eigenvalue weighted by molar-refractivity contribution is 0.168. The number of halogens is 1. The lowest BCUT2D eigenvalue weighted by atomic mass is 9.81. The molecule has 34 heavy (non-hydrogen) atoms. The van der Waals surface area contributed by atoms with E-state index in [-0.39, 0.29) is 36.5 Å². The van der Waals surface area contributed by atoms with Crippen LogP contribution in [0.5, 0.6) is 0 Å². The van der Waals surface area contributed by atoms with Crippen LogP contribution in [0.4, 0.5) is 20.6 Å². The number of benzene rings is 3. The Kier molecular flexibility index (Phi) is 5.68. The summed E-state index contributed by atoms with van der Waals surface area (Å²) < 4.78 is 13.3. The Balaban J connectivity index is 1.54. The van der Waals surface area contributed by atoms with Crippen LogP contribution in [0.1, 0.15) is 23.6 Å². The average Bonchev–Trinajstić information content (AvgIpc) is 3.31. The van der Waals surface area contributed by atoms with Crippen molar-refractivity contribution in [3.63, 3.8) is 0 Å². The van der Waals surface area contributed by atoms with Crippen LogP contribution >= 0.6 is 0 Å². The Morgan fingerprint density at radius 1 is 1.15 bits per heavy atom. The second kappa shape index (κ2) is 8.81. The van der Waals surface area contributed by atoms with Gasteiger partial charge in [-0.15, -0.1) is 0 Å². The molecule has 1 saturated heterocycles. The third-order valence-corrected chi connectivity index (χ3v) is 7.03. The number of nitrogens with zero attached hydrogens (tertiary/aromatic N) is 3. The normalized spacial score (nSPS) is 20.9. The summed E-state index contributed by atoms with van der Waals surface area (Å²) in [5.74, 6) is -0.288. The predicted octanol–water partition coefficient (Wildman–Crippen LogP) is 4.77. The first-order valence-corrected chi connectivity index (χ1v) is 11.3. The van der Waals surface area contributed by atoms with Gasteiger partial charge in [0.05, 0.1) is 30.3 Å². The molecule has 2 amide bonds. The highest BCUT2D eigenvalue weighted by atomic mass is 19.1. The van der Waals surface area contributed by atoms with E-state index in [0.29, 0.717) is 17.8 Å². The second-order valence-electron chi connectivity index (χ2n) is 8.85. The average molecular weight is 457 g/mol. The highest BCUT2D eigenvalue weighted by Crippen LogP contribution is 2.49. The second-order valence-corrected chi connectivity index (χ2v) is 8.85. The lowest BCUT2D eigenvalue weighted by Gasteiger charge is -2.44. The number of rotatable bonds is 3. The molecule has 0 saturated carbocycles. The quantitative estimate of drug-likeness (QED) is 0.595. The third kappa shape index (κ3) is 3.76. The molecule has 0 radical (unpaired) electrons. The number of amides is 2. The largest absolute Gasteiger partial charge is 0.394 e. The molecule has 6 nitrogen and oxygen atoms in total. The number of fused-ring (bicyclic) bond motifs is 3. The number of anilines is 2. The molecule has 172 valence electrons. The number of nitriles is 1. The van der Waals surface area contributed by atoms with Crippen LogP contribution in [0.2, 0.25) is 0 Å². The van der Waals surface area contributed by atoms with Gasteiger partial charge in [0.15, 0.2) is 0 Å². The predicted molar refractivity (Wildman–Crippen MR) is 129 cm³/mol. The van der Waals surface area contributed by atoms with Crippen LogP contribution in [0.25, 0.3) is 11.1 Å². The molecule has 2 heterocycles. The van der Waals surface area contributed by atoms with Gasteiger partial charge >= 0.3 is 6.03 Å². The fraction of sp³-hybridized carbons (Fsp3) is 0.259. The van der Waals surface area contributed by atoms with E-state index in [2.05, 4.69) is 22.4 Å². The van der Waals surface area contributed by atoms with E-state index in [1.807, 2.05) is 42.3 Å². The molecule has 2 aliphatic rings. The van der Waals surface area contributed by atoms with Crippen LogP contribution < -0.4 is 10.2 Å². The summed E-state index contributed by atoms with van der Waals surface area (Å²) in [5.41, 5.74) is 5.02. The molecule has 0 spiro atoms. The Hall–Kier alpha value is -3.89. The molecule has 0 bridgehead atoms. The van der Waals surface area contributed by atoms with Crippen molar-refractivity contribution in [1.82, 2.24) is 4.90 Å². The molecular formula is C27H25FN4O2. The van der Waals surface area contributed by atoms with Crippen LogP contribution in [0, 0.1) is 23.1 Å². The highest BCUT2D eigenvalue weighted by Gasteiger charge is 2.47. The summed E-state index contributed by atoms with van der Waals surface area (Å²) in [5, 5.41) is 22.4. The SMILES string of the molecule is CN1c2ccc(-c3cccc(C#N)c3)cc2[C@@H]2[C@@H](CCN2C(=O)Nc2ccc(F)cc2)[C@H]1CO. The minimum atomic E-state index is -0.359. The molecule has 7 heteroatoms. The fourth-order valence-corrected chi connectivity index (χ4v) is 5.36. The lowest BCUT2D eigenvalue weighted by Crippen LogP contribution is -2.48. The van der Waals surface area contributed by atoms with Crippen molar-refractivity contribution in [2.45, 2.75) is 18.5 Å². The zero-order valence-corrected chi connectivity index (χ0v) is 18.8. The fourth-order valence-electron chi connectivity index (χ4n) is 5.36. The molecule has 3 aromatic rings. The van der Waals surface area contributed by atoms with Crippen molar-refractivity contribution in [3.8, 4) is 17.2 Å². The van der Waals surface area contributed by atoms with Crippen molar-refractivity contribution in [2.24, 2.45) is 5.92 Å². The molecule has 3 aromatic carbocycles. The summed E-state index contributed by atoms with van der Waals surface area (Å²) in [4.78, 5) is 17.2. The van der Waals surface area contributed by atoms with Crippen molar-refractivity contribution in [3.05, 3.63) is 83.7 Å². The first-order chi connectivity index (χ1) is 16.5. The Labute approximate surface area is 197 Å². The number of likely N-dealkylation sites (tertiary alicyclic amines) is 1. The molecular weight excluding hydrogens is 431 g/mol. The summed E-state index contributed by atoms with van der Waals surface area (Å²) in [7, 11) is 1.98. The maximum Gasteiger partial charge on any atom is 0.322 e. The molecule has 0 unspecified atom stereocenters. The topological polar surface area (TPSA) is 79.6 Å². The number of carbonyl (C=O) groups is 1. The maximum absolute atomic E-state index is 13.3. The van der Waals surface area contributed by atoms with E-state index in [4.69, 9.17) is 0 Å². The molecule has 2 N–H and O–H groups in total. The standard InChI is InChI=1S/C27H25FN4O2/c1-31-24-10-5-19(18-4-2-3-17(13-18)15-29)14-23(24)26-22(25(31)16-33)11-12-32(26)27(34)30-21-8-6-20(28)7-9-21/h2-10,13-14,22,25-26,33H,11-12,16H2,1H3,(H,30,34)/t22-,25+,26-/m0/s1. The van der Waals surface area contributed by atoms with E-state index in [1.165, 1.54) is 12.1 Å². The summed E-state index contributed by atoms with van der Waals surface area (Å²) >= 11 is 0. The number of aliphatic hydroxyl groups excluding tert-OH is 1. The number of carbonyl (C=O) groups excluding carboxylic acids is 1. The van der Waals surface area contributed by atoms with Crippen molar-refractivity contribution < 1.29 is 14.3 Å². The number of hydrogen-bond acceptors (Lipinski definition) is 4. The van der Waals surface area contributed by atoms with E-state index in [1.54, 1.807) is 18.2 Å². The first-order valence-electron chi connectivity index (χ1n) is 11.3. The van der Waals surface area contributed by atoms with E-state index < -0.39 is 0 Å². The van der Waals surface area contributed by atoms with Crippen molar-refractivity contribution in [2.75, 3.05) is 30.4 Å². The first kappa shape index (κ1) is 21.9. The van der Waals surface area contributed by atoms with Gasteiger partial charge in [-0.1, -0.05) is 18.2 Å². The summed E-state index contributed by atoms with van der Waals surface area (Å²) in [6, 6.07) is 20.9. The van der Waals surface area contributed by atoms with Gasteiger partial charge in [0.2, 0.25) is 0 Å². The maximum atomic E-state index is 13.3. The molecule has 0 aromatic heterocycles. The van der Waals surface area contributed by atoms with Gasteiger partial charge < -0.3 is 20.2 Å². The smallest absolute Gasteiger partial charge is 0.322 e. The monoisotopic (exact) mass is 456 g/mol. The van der Waals surface area contributed by atoms with Gasteiger partial charge in [0.1, 0.15) is 5.82 Å².